The van der Waals surface area contributed by atoms with Crippen molar-refractivity contribution in [1.29, 1.82) is 0 Å². The van der Waals surface area contributed by atoms with Crippen molar-refractivity contribution < 1.29 is 0 Å². The van der Waals surface area contributed by atoms with Crippen molar-refractivity contribution in [1.82, 2.24) is 19.1 Å². The summed E-state index contributed by atoms with van der Waals surface area (Å²) in [5.41, 5.74) is 11.1. The zero-order chi connectivity index (χ0) is 36.0. The van der Waals surface area contributed by atoms with Crippen LogP contribution in [-0.4, -0.2) is 19.1 Å². The zero-order valence-corrected chi connectivity index (χ0v) is 30.3. The van der Waals surface area contributed by atoms with Crippen LogP contribution in [0.4, 0.5) is 0 Å². The summed E-state index contributed by atoms with van der Waals surface area (Å²) < 4.78 is 5.78. The van der Waals surface area contributed by atoms with Crippen molar-refractivity contribution in [2.45, 2.75) is 0 Å². The maximum absolute atomic E-state index is 5.34. The van der Waals surface area contributed by atoms with Crippen LogP contribution >= 0.6 is 11.3 Å². The molecule has 8 aromatic carbocycles. The molecule has 0 amide bonds. The molecule has 4 nitrogen and oxygen atoms in total. The highest BCUT2D eigenvalue weighted by molar-refractivity contribution is 7.17. The molecule has 0 N–H and O–H groups in total. The first-order chi connectivity index (χ1) is 27.3. The Balaban J connectivity index is 1.18. The number of aromatic nitrogens is 4. The second-order valence-electron chi connectivity index (χ2n) is 14.2. The Labute approximate surface area is 319 Å². The lowest BCUT2D eigenvalue weighted by atomic mass is 9.95. The van der Waals surface area contributed by atoms with Gasteiger partial charge in [-0.15, -0.1) is 11.3 Å². The van der Waals surface area contributed by atoms with E-state index in [0.29, 0.717) is 5.95 Å². The molecule has 0 unspecified atom stereocenters. The second-order valence-corrected chi connectivity index (χ2v) is 15.1. The van der Waals surface area contributed by atoms with Gasteiger partial charge in [-0.3, -0.25) is 4.57 Å². The van der Waals surface area contributed by atoms with Crippen LogP contribution in [0.1, 0.15) is 0 Å². The average Bonchev–Trinajstić information content (AvgIpc) is 3.96. The van der Waals surface area contributed by atoms with Gasteiger partial charge in [-0.1, -0.05) is 127 Å². The third kappa shape index (κ3) is 4.45. The van der Waals surface area contributed by atoms with E-state index in [4.69, 9.17) is 9.97 Å². The van der Waals surface area contributed by atoms with Crippen LogP contribution in [0.15, 0.2) is 181 Å². The number of hydrogen-bond acceptors (Lipinski definition) is 3. The molecule has 12 aromatic rings. The van der Waals surface area contributed by atoms with Crippen LogP contribution in [0.3, 0.4) is 0 Å². The number of fused-ring (bicyclic) bond motifs is 11. The largest absolute Gasteiger partial charge is 0.309 e. The van der Waals surface area contributed by atoms with Gasteiger partial charge in [-0.2, -0.15) is 0 Å². The quantitative estimate of drug-likeness (QED) is 0.182. The van der Waals surface area contributed by atoms with E-state index in [1.54, 1.807) is 11.3 Å². The second kappa shape index (κ2) is 11.7. The molecule has 256 valence electrons. The molecule has 0 aliphatic heterocycles. The van der Waals surface area contributed by atoms with Crippen LogP contribution in [0.2, 0.25) is 0 Å². The minimum absolute atomic E-state index is 0.673. The molecular weight excluding hydrogens is 689 g/mol. The lowest BCUT2D eigenvalue weighted by Gasteiger charge is -2.11. The molecule has 0 saturated carbocycles. The summed E-state index contributed by atoms with van der Waals surface area (Å²) in [5.74, 6) is 0.673. The minimum Gasteiger partial charge on any atom is -0.309 e. The van der Waals surface area contributed by atoms with Crippen molar-refractivity contribution in [2.24, 2.45) is 0 Å². The standard InChI is InChI=1S/C50H30N4S/c1-3-14-33(15-4-1)48-49-40(28-29-55-49)51-50(52-48)54-41-25-24-34(30-39(41)45-36-18-9-7-12-31(36)22-26-43(45)54)38-20-11-21-42-47(38)46-37-19-10-8-13-32(37)23-27-44(46)53(42)35-16-5-2-6-17-35/h1-30H. The van der Waals surface area contributed by atoms with Gasteiger partial charge >= 0.3 is 0 Å². The number of para-hydroxylation sites is 1. The minimum atomic E-state index is 0.673. The SMILES string of the molecule is c1ccc(-c2nc(-n3c4ccc(-c5cccc6c5c5c7ccccc7ccc5n6-c5ccccc5)cc4c4c5ccccc5ccc43)nc3ccsc23)cc1. The van der Waals surface area contributed by atoms with Gasteiger partial charge in [0.25, 0.3) is 0 Å². The molecule has 12 rings (SSSR count). The lowest BCUT2D eigenvalue weighted by molar-refractivity contribution is 1.02. The first-order valence-corrected chi connectivity index (χ1v) is 19.5. The van der Waals surface area contributed by atoms with Crippen molar-refractivity contribution in [3.05, 3.63) is 181 Å². The third-order valence-corrected chi connectivity index (χ3v) is 12.1. The fourth-order valence-electron chi connectivity index (χ4n) is 8.84. The van der Waals surface area contributed by atoms with Gasteiger partial charge in [-0.25, -0.2) is 9.97 Å². The molecule has 4 heterocycles. The summed E-state index contributed by atoms with van der Waals surface area (Å²) in [4.78, 5) is 10.6. The topological polar surface area (TPSA) is 35.6 Å². The fraction of sp³-hybridized carbons (Fsp3) is 0. The molecule has 0 saturated heterocycles. The Kier molecular flexibility index (Phi) is 6.47. The summed E-state index contributed by atoms with van der Waals surface area (Å²) in [7, 11) is 0. The molecule has 5 heteroatoms. The van der Waals surface area contributed by atoms with Crippen molar-refractivity contribution in [3.63, 3.8) is 0 Å². The first-order valence-electron chi connectivity index (χ1n) is 18.6. The normalized spacial score (nSPS) is 12.0. The lowest BCUT2D eigenvalue weighted by Crippen LogP contribution is -2.02. The Morgan fingerprint density at radius 1 is 0.418 bits per heavy atom. The van der Waals surface area contributed by atoms with E-state index in [9.17, 15) is 0 Å². The van der Waals surface area contributed by atoms with Gasteiger partial charge in [0.1, 0.15) is 0 Å². The molecular formula is C50H30N4S. The first kappa shape index (κ1) is 30.4. The Morgan fingerprint density at radius 2 is 1.07 bits per heavy atom. The van der Waals surface area contributed by atoms with E-state index in [1.807, 2.05) is 0 Å². The van der Waals surface area contributed by atoms with Gasteiger partial charge in [0, 0.05) is 32.8 Å². The van der Waals surface area contributed by atoms with Gasteiger partial charge in [0.05, 0.1) is 38.0 Å². The maximum atomic E-state index is 5.34. The van der Waals surface area contributed by atoms with Crippen LogP contribution in [-0.2, 0) is 0 Å². The average molecular weight is 719 g/mol. The zero-order valence-electron chi connectivity index (χ0n) is 29.5. The highest BCUT2D eigenvalue weighted by Gasteiger charge is 2.22. The number of rotatable bonds is 4. The molecule has 0 atom stereocenters. The van der Waals surface area contributed by atoms with E-state index in [0.717, 1.165) is 38.2 Å². The maximum Gasteiger partial charge on any atom is 0.235 e. The van der Waals surface area contributed by atoms with E-state index in [-0.39, 0.29) is 0 Å². The molecule has 0 radical (unpaired) electrons. The molecule has 0 bridgehead atoms. The summed E-state index contributed by atoms with van der Waals surface area (Å²) in [6.45, 7) is 0. The summed E-state index contributed by atoms with van der Waals surface area (Å²) in [6.07, 6.45) is 0. The molecule has 0 aliphatic rings. The molecule has 0 spiro atoms. The summed E-state index contributed by atoms with van der Waals surface area (Å²) in [5, 5.41) is 11.9. The van der Waals surface area contributed by atoms with E-state index in [2.05, 4.69) is 190 Å². The van der Waals surface area contributed by atoms with Crippen molar-refractivity contribution in [3.8, 4) is 34.0 Å². The van der Waals surface area contributed by atoms with Crippen LogP contribution in [0.25, 0.3) is 109 Å². The number of thiophene rings is 1. The molecule has 4 aromatic heterocycles. The molecule has 55 heavy (non-hydrogen) atoms. The molecule has 0 fully saturated rings. The van der Waals surface area contributed by atoms with Gasteiger partial charge in [0.15, 0.2) is 0 Å². The number of benzene rings is 8. The number of nitrogens with zero attached hydrogens (tertiary/aromatic N) is 4. The Hall–Kier alpha value is -7.08. The van der Waals surface area contributed by atoms with Crippen LogP contribution in [0.5, 0.6) is 0 Å². The summed E-state index contributed by atoms with van der Waals surface area (Å²) >= 11 is 1.69. The summed E-state index contributed by atoms with van der Waals surface area (Å²) in [6, 6.07) is 63.5. The van der Waals surface area contributed by atoms with Crippen LogP contribution < -0.4 is 0 Å². The predicted octanol–water partition coefficient (Wildman–Crippen LogP) is 13.5. The highest BCUT2D eigenvalue weighted by atomic mass is 32.1. The Morgan fingerprint density at radius 3 is 1.85 bits per heavy atom. The predicted molar refractivity (Wildman–Crippen MR) is 232 cm³/mol. The Bertz CT molecular complexity index is 3480. The molecule has 0 aliphatic carbocycles. The fourth-order valence-corrected chi connectivity index (χ4v) is 9.68. The smallest absolute Gasteiger partial charge is 0.235 e. The monoisotopic (exact) mass is 718 g/mol. The number of hydrogen-bond donors (Lipinski definition) is 0. The van der Waals surface area contributed by atoms with Gasteiger partial charge in [0.2, 0.25) is 5.95 Å². The van der Waals surface area contributed by atoms with Gasteiger partial charge in [-0.05, 0) is 86.6 Å². The van der Waals surface area contributed by atoms with Crippen molar-refractivity contribution in [2.75, 3.05) is 0 Å². The van der Waals surface area contributed by atoms with Crippen molar-refractivity contribution >= 4 is 86.7 Å². The van der Waals surface area contributed by atoms with E-state index >= 15 is 0 Å². The van der Waals surface area contributed by atoms with Gasteiger partial charge < -0.3 is 4.57 Å². The highest BCUT2D eigenvalue weighted by Crippen LogP contribution is 2.44. The van der Waals surface area contributed by atoms with E-state index in [1.165, 1.54) is 65.3 Å². The third-order valence-electron chi connectivity index (χ3n) is 11.2. The van der Waals surface area contributed by atoms with E-state index < -0.39 is 0 Å². The van der Waals surface area contributed by atoms with Crippen LogP contribution in [0, 0.1) is 0 Å².